The molecule has 0 amide bonds. The fraction of sp³-hybridized carbons (Fsp3) is 0.292. The minimum absolute atomic E-state index is 0.400. The lowest BCUT2D eigenvalue weighted by molar-refractivity contribution is 0.218. The summed E-state index contributed by atoms with van der Waals surface area (Å²) in [6.07, 6.45) is 7.45. The molecule has 1 saturated heterocycles. The average molecular weight is 397 g/mol. The van der Waals surface area contributed by atoms with Crippen molar-refractivity contribution in [2.75, 3.05) is 20.2 Å². The van der Waals surface area contributed by atoms with Crippen molar-refractivity contribution in [1.29, 1.82) is 5.26 Å². The Hall–Kier alpha value is -3.43. The van der Waals surface area contributed by atoms with E-state index < -0.39 is 0 Å². The zero-order valence-corrected chi connectivity index (χ0v) is 17.0. The first kappa shape index (κ1) is 18.6. The molecule has 0 atom stereocenters. The fourth-order valence-electron chi connectivity index (χ4n) is 4.31. The number of nitrogens with zero attached hydrogens (tertiary/aromatic N) is 4. The molecule has 1 aliphatic rings. The maximum absolute atomic E-state index is 9.18. The monoisotopic (exact) mass is 397 g/mol. The number of piperidine rings is 1. The average Bonchev–Trinajstić information content (AvgIpc) is 3.17. The summed E-state index contributed by atoms with van der Waals surface area (Å²) in [6, 6.07) is 12.4. The van der Waals surface area contributed by atoms with Gasteiger partial charge in [-0.1, -0.05) is 18.6 Å². The van der Waals surface area contributed by atoms with Gasteiger partial charge < -0.3 is 9.72 Å². The van der Waals surface area contributed by atoms with Gasteiger partial charge in [0.25, 0.3) is 0 Å². The van der Waals surface area contributed by atoms with Crippen LogP contribution in [0.2, 0.25) is 0 Å². The van der Waals surface area contributed by atoms with Gasteiger partial charge in [-0.25, -0.2) is 9.97 Å². The molecule has 0 spiro atoms. The number of nitrogens with one attached hydrogen (secondary N) is 1. The minimum atomic E-state index is 0.400. The Morgan fingerprint density at radius 2 is 1.90 bits per heavy atom. The summed E-state index contributed by atoms with van der Waals surface area (Å²) in [5.41, 5.74) is 5.36. The first-order chi connectivity index (χ1) is 14.7. The highest BCUT2D eigenvalue weighted by molar-refractivity contribution is 6.07. The summed E-state index contributed by atoms with van der Waals surface area (Å²) in [6.45, 7) is 3.24. The number of pyridine rings is 2. The summed E-state index contributed by atoms with van der Waals surface area (Å²) in [5, 5.41) is 11.1. The van der Waals surface area contributed by atoms with Crippen LogP contribution >= 0.6 is 0 Å². The quantitative estimate of drug-likeness (QED) is 0.543. The third-order valence-corrected chi connectivity index (χ3v) is 5.91. The molecular formula is C24H23N5O. The topological polar surface area (TPSA) is 77.8 Å². The van der Waals surface area contributed by atoms with E-state index in [9.17, 15) is 5.26 Å². The molecule has 0 bridgehead atoms. The Labute approximate surface area is 175 Å². The van der Waals surface area contributed by atoms with E-state index in [0.29, 0.717) is 5.69 Å². The van der Waals surface area contributed by atoms with Crippen LogP contribution in [0.1, 0.15) is 30.5 Å². The molecule has 1 aliphatic heterocycles. The van der Waals surface area contributed by atoms with Gasteiger partial charge in [0, 0.05) is 34.6 Å². The van der Waals surface area contributed by atoms with Crippen LogP contribution in [0.4, 0.5) is 0 Å². The number of hydrogen-bond acceptors (Lipinski definition) is 5. The van der Waals surface area contributed by atoms with E-state index in [0.717, 1.165) is 58.4 Å². The number of methoxy groups -OCH3 is 1. The van der Waals surface area contributed by atoms with Crippen molar-refractivity contribution in [2.45, 2.75) is 25.8 Å². The van der Waals surface area contributed by atoms with Crippen molar-refractivity contribution >= 4 is 21.9 Å². The van der Waals surface area contributed by atoms with Crippen LogP contribution in [-0.2, 0) is 6.54 Å². The van der Waals surface area contributed by atoms with Crippen molar-refractivity contribution in [3.05, 3.63) is 54.0 Å². The Bertz CT molecular complexity index is 1260. The van der Waals surface area contributed by atoms with E-state index in [1.54, 1.807) is 13.3 Å². The van der Waals surface area contributed by atoms with Crippen LogP contribution in [0.3, 0.4) is 0 Å². The molecule has 4 aromatic rings. The lowest BCUT2D eigenvalue weighted by atomic mass is 10.0. The second kappa shape index (κ2) is 7.77. The third-order valence-electron chi connectivity index (χ3n) is 5.91. The molecule has 6 heteroatoms. The summed E-state index contributed by atoms with van der Waals surface area (Å²) < 4.78 is 5.72. The van der Waals surface area contributed by atoms with E-state index in [1.807, 2.05) is 12.3 Å². The zero-order chi connectivity index (χ0) is 20.5. The summed E-state index contributed by atoms with van der Waals surface area (Å²) in [7, 11) is 1.73. The fourth-order valence-corrected chi connectivity index (χ4v) is 4.31. The molecule has 0 radical (unpaired) electrons. The molecule has 0 unspecified atom stereocenters. The maximum atomic E-state index is 9.18. The Kier molecular flexibility index (Phi) is 4.82. The molecular weight excluding hydrogens is 374 g/mol. The molecule has 0 aliphatic carbocycles. The van der Waals surface area contributed by atoms with E-state index in [2.05, 4.69) is 50.2 Å². The first-order valence-electron chi connectivity index (χ1n) is 10.3. The number of benzene rings is 1. The predicted octanol–water partition coefficient (Wildman–Crippen LogP) is 4.64. The number of aromatic amines is 1. The van der Waals surface area contributed by atoms with Crippen LogP contribution in [0, 0.1) is 11.3 Å². The number of H-pyrrole nitrogens is 1. The number of hydrogen-bond donors (Lipinski definition) is 1. The first-order valence-corrected chi connectivity index (χ1v) is 10.3. The molecule has 0 saturated carbocycles. The number of fused-ring (bicyclic) bond motifs is 3. The molecule has 3 aromatic heterocycles. The van der Waals surface area contributed by atoms with Gasteiger partial charge in [0.15, 0.2) is 0 Å². The normalized spacial score (nSPS) is 14.8. The molecule has 5 rings (SSSR count). The molecule has 4 heterocycles. The molecule has 150 valence electrons. The second-order valence-corrected chi connectivity index (χ2v) is 7.84. The van der Waals surface area contributed by atoms with Crippen molar-refractivity contribution < 1.29 is 4.74 Å². The van der Waals surface area contributed by atoms with Gasteiger partial charge >= 0.3 is 0 Å². The van der Waals surface area contributed by atoms with Crippen LogP contribution in [-0.4, -0.2) is 40.1 Å². The Morgan fingerprint density at radius 1 is 1.03 bits per heavy atom. The van der Waals surface area contributed by atoms with Crippen molar-refractivity contribution in [1.82, 2.24) is 19.9 Å². The van der Waals surface area contributed by atoms with Crippen molar-refractivity contribution in [2.24, 2.45) is 0 Å². The number of nitriles is 1. The lowest BCUT2D eigenvalue weighted by Crippen LogP contribution is -2.29. The number of ether oxygens (including phenoxy) is 1. The van der Waals surface area contributed by atoms with Gasteiger partial charge in [0.05, 0.1) is 18.8 Å². The van der Waals surface area contributed by atoms with Gasteiger partial charge in [-0.2, -0.15) is 5.26 Å². The smallest absolute Gasteiger partial charge is 0.141 e. The molecule has 6 nitrogen and oxygen atoms in total. The third kappa shape index (κ3) is 3.38. The maximum Gasteiger partial charge on any atom is 0.141 e. The van der Waals surface area contributed by atoms with E-state index in [1.165, 1.54) is 24.8 Å². The summed E-state index contributed by atoms with van der Waals surface area (Å²) in [5.74, 6) is 0.910. The molecule has 1 aromatic carbocycles. The van der Waals surface area contributed by atoms with Gasteiger partial charge in [0.2, 0.25) is 0 Å². The largest absolute Gasteiger partial charge is 0.496 e. The van der Waals surface area contributed by atoms with Gasteiger partial charge in [-0.05, 0) is 49.7 Å². The molecule has 1 fully saturated rings. The Balaban J connectivity index is 1.52. The Morgan fingerprint density at radius 3 is 2.70 bits per heavy atom. The highest BCUT2D eigenvalue weighted by Gasteiger charge is 2.15. The zero-order valence-electron chi connectivity index (χ0n) is 17.0. The van der Waals surface area contributed by atoms with Crippen LogP contribution in [0.5, 0.6) is 5.75 Å². The molecule has 30 heavy (non-hydrogen) atoms. The second-order valence-electron chi connectivity index (χ2n) is 7.84. The predicted molar refractivity (Wildman–Crippen MR) is 117 cm³/mol. The number of likely N-dealkylation sites (tertiary alicyclic amines) is 1. The van der Waals surface area contributed by atoms with Gasteiger partial charge in [0.1, 0.15) is 23.2 Å². The highest BCUT2D eigenvalue weighted by atomic mass is 16.5. The number of aromatic nitrogens is 3. The van der Waals surface area contributed by atoms with Crippen LogP contribution in [0.15, 0.2) is 42.7 Å². The highest BCUT2D eigenvalue weighted by Crippen LogP contribution is 2.32. The van der Waals surface area contributed by atoms with Crippen LogP contribution < -0.4 is 4.74 Å². The van der Waals surface area contributed by atoms with E-state index in [-0.39, 0.29) is 0 Å². The van der Waals surface area contributed by atoms with Gasteiger partial charge in [-0.3, -0.25) is 4.90 Å². The van der Waals surface area contributed by atoms with E-state index >= 15 is 0 Å². The standard InChI is InChI=1S/C24H23N5O/c1-30-23-10-16(5-6-17(23)15-29-7-3-2-4-8-29)18-9-21-20-11-19(12-25)26-14-22(20)28-24(21)27-13-18/h5-6,9-11,13-14H,2-4,7-8,15H2,1H3,(H,27,28). The SMILES string of the molecule is COc1cc(-c2cnc3[nH]c4cnc(C#N)cc4c3c2)ccc1CN1CCCCC1. The minimum Gasteiger partial charge on any atom is -0.496 e. The van der Waals surface area contributed by atoms with E-state index in [4.69, 9.17) is 4.74 Å². The van der Waals surface area contributed by atoms with Crippen LogP contribution in [0.25, 0.3) is 33.1 Å². The lowest BCUT2D eigenvalue weighted by Gasteiger charge is -2.27. The molecule has 1 N–H and O–H groups in total. The van der Waals surface area contributed by atoms with Crippen molar-refractivity contribution in [3.63, 3.8) is 0 Å². The summed E-state index contributed by atoms with van der Waals surface area (Å²) in [4.78, 5) is 14.5. The summed E-state index contributed by atoms with van der Waals surface area (Å²) >= 11 is 0. The number of rotatable bonds is 4. The van der Waals surface area contributed by atoms with Crippen molar-refractivity contribution in [3.8, 4) is 22.9 Å². The van der Waals surface area contributed by atoms with Gasteiger partial charge in [-0.15, -0.1) is 0 Å².